The quantitative estimate of drug-likeness (QED) is 0.278. The number of nitrogens with two attached hydrogens (primary N) is 1. The summed E-state index contributed by atoms with van der Waals surface area (Å²) in [5, 5.41) is 0. The molecule has 0 aliphatic heterocycles. The van der Waals surface area contributed by atoms with E-state index in [4.69, 9.17) is 10.6 Å². The van der Waals surface area contributed by atoms with Gasteiger partial charge in [-0.3, -0.25) is 10.2 Å². The minimum absolute atomic E-state index is 0.0912. The van der Waals surface area contributed by atoms with Crippen molar-refractivity contribution in [3.8, 4) is 0 Å². The van der Waals surface area contributed by atoms with Crippen LogP contribution in [0.5, 0.6) is 0 Å². The second kappa shape index (κ2) is 7.76. The van der Waals surface area contributed by atoms with Crippen LogP contribution in [-0.4, -0.2) is 18.6 Å². The summed E-state index contributed by atoms with van der Waals surface area (Å²) in [5.74, 6) is 4.78. The van der Waals surface area contributed by atoms with Gasteiger partial charge in [-0.15, -0.1) is 0 Å². The van der Waals surface area contributed by atoms with E-state index in [2.05, 4.69) is 5.43 Å². The number of hydrazine groups is 1. The van der Waals surface area contributed by atoms with Crippen LogP contribution in [0.3, 0.4) is 0 Å². The summed E-state index contributed by atoms with van der Waals surface area (Å²) in [6, 6.07) is 0. The predicted molar refractivity (Wildman–Crippen MR) is 51.8 cm³/mol. The maximum absolute atomic E-state index is 10.7. The summed E-state index contributed by atoms with van der Waals surface area (Å²) in [7, 11) is 0. The summed E-state index contributed by atoms with van der Waals surface area (Å²) in [5.41, 5.74) is 2.08. The third-order valence-corrected chi connectivity index (χ3v) is 1.65. The summed E-state index contributed by atoms with van der Waals surface area (Å²) in [4.78, 5) is 10.7. The molecule has 1 atom stereocenters. The molecule has 0 aliphatic rings. The van der Waals surface area contributed by atoms with E-state index in [1.165, 1.54) is 0 Å². The van der Waals surface area contributed by atoms with E-state index >= 15 is 0 Å². The fraction of sp³-hybridized carbons (Fsp3) is 0.667. The fourth-order valence-corrected chi connectivity index (χ4v) is 0.806. The summed E-state index contributed by atoms with van der Waals surface area (Å²) >= 11 is 0. The zero-order chi connectivity index (χ0) is 10.1. The zero-order valence-corrected chi connectivity index (χ0v) is 8.25. The first-order chi connectivity index (χ1) is 6.20. The van der Waals surface area contributed by atoms with Gasteiger partial charge in [0.2, 0.25) is 5.91 Å². The molecule has 0 aliphatic carbocycles. The number of hydrogen-bond acceptors (Lipinski definition) is 3. The van der Waals surface area contributed by atoms with Gasteiger partial charge in [0.05, 0.1) is 12.7 Å². The van der Waals surface area contributed by atoms with Gasteiger partial charge in [-0.1, -0.05) is 12.2 Å². The molecular weight excluding hydrogens is 168 g/mol. The van der Waals surface area contributed by atoms with Crippen molar-refractivity contribution in [3.05, 3.63) is 12.2 Å². The van der Waals surface area contributed by atoms with Crippen LogP contribution in [0.1, 0.15) is 26.7 Å². The number of nitrogens with one attached hydrogen (secondary N) is 1. The van der Waals surface area contributed by atoms with Crippen LogP contribution in [0.25, 0.3) is 0 Å². The van der Waals surface area contributed by atoms with E-state index in [1.54, 1.807) is 0 Å². The number of rotatable bonds is 6. The summed E-state index contributed by atoms with van der Waals surface area (Å²) < 4.78 is 5.37. The van der Waals surface area contributed by atoms with Crippen molar-refractivity contribution in [3.63, 3.8) is 0 Å². The highest BCUT2D eigenvalue weighted by molar-refractivity contribution is 5.75. The lowest BCUT2D eigenvalue weighted by Gasteiger charge is -2.10. The molecule has 0 saturated carbocycles. The van der Waals surface area contributed by atoms with E-state index < -0.39 is 0 Å². The molecule has 0 rings (SSSR count). The Morgan fingerprint density at radius 1 is 1.69 bits per heavy atom. The average molecular weight is 186 g/mol. The van der Waals surface area contributed by atoms with Gasteiger partial charge < -0.3 is 4.74 Å². The van der Waals surface area contributed by atoms with Crippen LogP contribution >= 0.6 is 0 Å². The molecular formula is C9H18N2O2. The molecule has 0 fully saturated rings. The minimum Gasteiger partial charge on any atom is -0.374 e. The van der Waals surface area contributed by atoms with Gasteiger partial charge in [0.25, 0.3) is 0 Å². The Kier molecular flexibility index (Phi) is 7.24. The van der Waals surface area contributed by atoms with Crippen molar-refractivity contribution in [2.45, 2.75) is 32.8 Å². The highest BCUT2D eigenvalue weighted by Gasteiger charge is 2.04. The average Bonchev–Trinajstić information content (AvgIpc) is 2.14. The molecule has 4 heteroatoms. The number of hydrogen-bond donors (Lipinski definition) is 2. The smallest absolute Gasteiger partial charge is 0.233 e. The lowest BCUT2D eigenvalue weighted by atomic mass is 10.2. The molecule has 0 aromatic carbocycles. The third-order valence-electron chi connectivity index (χ3n) is 1.65. The highest BCUT2D eigenvalue weighted by Crippen LogP contribution is 2.00. The third kappa shape index (κ3) is 7.49. The number of carbonyl (C=O) groups is 1. The molecule has 0 spiro atoms. The van der Waals surface area contributed by atoms with Crippen molar-refractivity contribution in [2.75, 3.05) is 6.61 Å². The SMILES string of the molecule is CC=CCOC(C)CCC(=O)NN. The Balaban J connectivity index is 3.39. The van der Waals surface area contributed by atoms with Crippen LogP contribution in [0.2, 0.25) is 0 Å². The Morgan fingerprint density at radius 3 is 2.92 bits per heavy atom. The van der Waals surface area contributed by atoms with Crippen molar-refractivity contribution in [1.29, 1.82) is 0 Å². The summed E-state index contributed by atoms with van der Waals surface area (Å²) in [6.45, 7) is 4.48. The zero-order valence-electron chi connectivity index (χ0n) is 8.25. The maximum atomic E-state index is 10.7. The van der Waals surface area contributed by atoms with Crippen molar-refractivity contribution in [2.24, 2.45) is 5.84 Å². The number of allylic oxidation sites excluding steroid dienone is 1. The first-order valence-corrected chi connectivity index (χ1v) is 4.43. The molecule has 0 bridgehead atoms. The van der Waals surface area contributed by atoms with Gasteiger partial charge in [0, 0.05) is 6.42 Å². The molecule has 3 N–H and O–H groups in total. The largest absolute Gasteiger partial charge is 0.374 e. The normalized spacial score (nSPS) is 13.2. The van der Waals surface area contributed by atoms with Crippen LogP contribution in [0.4, 0.5) is 0 Å². The highest BCUT2D eigenvalue weighted by atomic mass is 16.5. The molecule has 13 heavy (non-hydrogen) atoms. The van der Waals surface area contributed by atoms with Crippen molar-refractivity contribution >= 4 is 5.91 Å². The van der Waals surface area contributed by atoms with E-state index in [0.717, 1.165) is 0 Å². The van der Waals surface area contributed by atoms with Crippen LogP contribution in [0, 0.1) is 0 Å². The lowest BCUT2D eigenvalue weighted by molar-refractivity contribution is -0.121. The Morgan fingerprint density at radius 2 is 2.38 bits per heavy atom. The molecule has 1 amide bonds. The van der Waals surface area contributed by atoms with E-state index in [9.17, 15) is 4.79 Å². The monoisotopic (exact) mass is 186 g/mol. The van der Waals surface area contributed by atoms with Gasteiger partial charge in [0.15, 0.2) is 0 Å². The van der Waals surface area contributed by atoms with Gasteiger partial charge >= 0.3 is 0 Å². The Hall–Kier alpha value is -0.870. The molecule has 0 heterocycles. The molecule has 0 aromatic rings. The second-order valence-corrected chi connectivity index (χ2v) is 2.82. The first kappa shape index (κ1) is 12.1. The number of carbonyl (C=O) groups excluding carboxylic acids is 1. The van der Waals surface area contributed by atoms with Gasteiger partial charge in [-0.2, -0.15) is 0 Å². The van der Waals surface area contributed by atoms with Gasteiger partial charge in [-0.05, 0) is 20.3 Å². The van der Waals surface area contributed by atoms with Crippen LogP contribution in [-0.2, 0) is 9.53 Å². The Bertz CT molecular complexity index is 169. The topological polar surface area (TPSA) is 64.3 Å². The first-order valence-electron chi connectivity index (χ1n) is 4.43. The Labute approximate surface area is 79.1 Å². The molecule has 0 radical (unpaired) electrons. The molecule has 4 nitrogen and oxygen atoms in total. The molecule has 0 saturated heterocycles. The predicted octanol–water partition coefficient (Wildman–Crippen LogP) is 0.738. The van der Waals surface area contributed by atoms with E-state index in [-0.39, 0.29) is 12.0 Å². The lowest BCUT2D eigenvalue weighted by Crippen LogP contribution is -2.30. The second-order valence-electron chi connectivity index (χ2n) is 2.82. The fourth-order valence-electron chi connectivity index (χ4n) is 0.806. The van der Waals surface area contributed by atoms with Gasteiger partial charge in [0.1, 0.15) is 0 Å². The van der Waals surface area contributed by atoms with Crippen molar-refractivity contribution < 1.29 is 9.53 Å². The standard InChI is InChI=1S/C9H18N2O2/c1-3-4-7-13-8(2)5-6-9(12)11-10/h3-4,8H,5-7,10H2,1-2H3,(H,11,12). The minimum atomic E-state index is -0.151. The van der Waals surface area contributed by atoms with E-state index in [0.29, 0.717) is 19.4 Å². The number of ether oxygens (including phenoxy) is 1. The number of amides is 1. The maximum Gasteiger partial charge on any atom is 0.233 e. The van der Waals surface area contributed by atoms with E-state index in [1.807, 2.05) is 26.0 Å². The van der Waals surface area contributed by atoms with Crippen LogP contribution < -0.4 is 11.3 Å². The van der Waals surface area contributed by atoms with Crippen molar-refractivity contribution in [1.82, 2.24) is 5.43 Å². The summed E-state index contributed by atoms with van der Waals surface area (Å²) in [6.07, 6.45) is 5.06. The van der Waals surface area contributed by atoms with Gasteiger partial charge in [-0.25, -0.2) is 5.84 Å². The van der Waals surface area contributed by atoms with Crippen LogP contribution in [0.15, 0.2) is 12.2 Å². The molecule has 1 unspecified atom stereocenters. The molecule has 0 aromatic heterocycles. The molecule has 76 valence electrons.